The van der Waals surface area contributed by atoms with Crippen molar-refractivity contribution in [2.45, 2.75) is 64.7 Å². The fourth-order valence-electron chi connectivity index (χ4n) is 4.16. The van der Waals surface area contributed by atoms with Gasteiger partial charge in [-0.25, -0.2) is 9.18 Å². The first-order valence-corrected chi connectivity index (χ1v) is 12.7. The van der Waals surface area contributed by atoms with Crippen LogP contribution in [-0.4, -0.2) is 39.2 Å². The number of carbonyl (C=O) groups excluding carboxylic acids is 1. The minimum Gasteiger partial charge on any atom is -0.490 e. The molecule has 3 rings (SSSR count). The monoisotopic (exact) mass is 548 g/mol. The Balaban J connectivity index is 2.44. The number of hydrogen-bond donors (Lipinski definition) is 0. The Morgan fingerprint density at radius 1 is 1.14 bits per heavy atom. The zero-order chi connectivity index (χ0) is 27.9. The SMILES string of the molecule is COC(=O)[C@@H](OC(C)(C)C)c1c(C)ccc(OS(=O)(=O)C(F)(F)F)c1-c1cc(F)c2c(c1C)CCCO2. The zero-order valence-corrected chi connectivity index (χ0v) is 22.0. The Labute approximate surface area is 212 Å². The molecule has 12 heteroatoms. The Morgan fingerprint density at radius 2 is 1.78 bits per heavy atom. The van der Waals surface area contributed by atoms with Crippen LogP contribution in [0.25, 0.3) is 11.1 Å². The predicted molar refractivity (Wildman–Crippen MR) is 126 cm³/mol. The maximum Gasteiger partial charge on any atom is 0.534 e. The molecule has 0 saturated heterocycles. The zero-order valence-electron chi connectivity index (χ0n) is 21.2. The van der Waals surface area contributed by atoms with Crippen LogP contribution in [0.5, 0.6) is 11.5 Å². The molecule has 1 atom stereocenters. The largest absolute Gasteiger partial charge is 0.534 e. The Bertz CT molecular complexity index is 1310. The fraction of sp³-hybridized carbons (Fsp3) is 0.480. The van der Waals surface area contributed by atoms with Gasteiger partial charge in [0.05, 0.1) is 19.3 Å². The van der Waals surface area contributed by atoms with Gasteiger partial charge in [0.1, 0.15) is 0 Å². The molecule has 204 valence electrons. The molecule has 0 amide bonds. The number of methoxy groups -OCH3 is 1. The van der Waals surface area contributed by atoms with Crippen LogP contribution in [0.1, 0.15) is 55.5 Å². The van der Waals surface area contributed by atoms with Crippen molar-refractivity contribution < 1.29 is 49.2 Å². The van der Waals surface area contributed by atoms with E-state index < -0.39 is 44.9 Å². The average molecular weight is 549 g/mol. The van der Waals surface area contributed by atoms with E-state index in [-0.39, 0.29) is 22.4 Å². The van der Waals surface area contributed by atoms with E-state index in [1.165, 1.54) is 6.07 Å². The summed E-state index contributed by atoms with van der Waals surface area (Å²) >= 11 is 0. The van der Waals surface area contributed by atoms with E-state index in [2.05, 4.69) is 4.18 Å². The van der Waals surface area contributed by atoms with Gasteiger partial charge in [0.15, 0.2) is 23.4 Å². The van der Waals surface area contributed by atoms with Crippen molar-refractivity contribution in [1.82, 2.24) is 0 Å². The van der Waals surface area contributed by atoms with Crippen molar-refractivity contribution in [1.29, 1.82) is 0 Å². The number of halogens is 4. The van der Waals surface area contributed by atoms with E-state index >= 15 is 4.39 Å². The molecule has 1 aliphatic rings. The molecular formula is C25H28F4O7S. The van der Waals surface area contributed by atoms with Gasteiger partial charge in [-0.3, -0.25) is 0 Å². The van der Waals surface area contributed by atoms with Crippen LogP contribution in [0.4, 0.5) is 17.6 Å². The molecule has 0 radical (unpaired) electrons. The Hall–Kier alpha value is -2.86. The number of ether oxygens (including phenoxy) is 3. The minimum atomic E-state index is -6.11. The van der Waals surface area contributed by atoms with Crippen molar-refractivity contribution in [3.05, 3.63) is 46.3 Å². The average Bonchev–Trinajstić information content (AvgIpc) is 2.79. The molecule has 2 aromatic rings. The van der Waals surface area contributed by atoms with Gasteiger partial charge in [-0.05, 0) is 76.3 Å². The van der Waals surface area contributed by atoms with E-state index in [1.807, 2.05) is 0 Å². The molecule has 7 nitrogen and oxygen atoms in total. The highest BCUT2D eigenvalue weighted by Crippen LogP contribution is 2.46. The Kier molecular flexibility index (Phi) is 7.86. The number of hydrogen-bond acceptors (Lipinski definition) is 7. The molecule has 1 heterocycles. The highest BCUT2D eigenvalue weighted by molar-refractivity contribution is 7.88. The summed E-state index contributed by atoms with van der Waals surface area (Å²) in [4.78, 5) is 12.9. The first-order chi connectivity index (χ1) is 17.0. The second-order valence-corrected chi connectivity index (χ2v) is 11.1. The summed E-state index contributed by atoms with van der Waals surface area (Å²) in [6.45, 7) is 8.39. The summed E-state index contributed by atoms with van der Waals surface area (Å²) in [6.07, 6.45) is -0.517. The van der Waals surface area contributed by atoms with Gasteiger partial charge in [0, 0.05) is 16.7 Å². The van der Waals surface area contributed by atoms with E-state index in [0.29, 0.717) is 36.1 Å². The van der Waals surface area contributed by atoms with Gasteiger partial charge >= 0.3 is 21.6 Å². The summed E-state index contributed by atoms with van der Waals surface area (Å²) in [5.74, 6) is -2.42. The predicted octanol–water partition coefficient (Wildman–Crippen LogP) is 5.69. The van der Waals surface area contributed by atoms with E-state index in [1.54, 1.807) is 34.6 Å². The van der Waals surface area contributed by atoms with E-state index in [0.717, 1.165) is 19.2 Å². The molecule has 0 unspecified atom stereocenters. The number of benzene rings is 2. The topological polar surface area (TPSA) is 88.1 Å². The smallest absolute Gasteiger partial charge is 0.490 e. The molecule has 0 N–H and O–H groups in total. The van der Waals surface area contributed by atoms with Gasteiger partial charge in [-0.15, -0.1) is 0 Å². The maximum absolute atomic E-state index is 15.2. The third-order valence-corrected chi connectivity index (χ3v) is 6.73. The lowest BCUT2D eigenvalue weighted by Gasteiger charge is -2.30. The normalized spacial score (nSPS) is 15.0. The minimum absolute atomic E-state index is 0.0162. The lowest BCUT2D eigenvalue weighted by Crippen LogP contribution is -2.30. The lowest BCUT2D eigenvalue weighted by molar-refractivity contribution is -0.164. The summed E-state index contributed by atoms with van der Waals surface area (Å²) in [6, 6.07) is 3.33. The highest BCUT2D eigenvalue weighted by atomic mass is 32.2. The van der Waals surface area contributed by atoms with Gasteiger partial charge in [-0.1, -0.05) is 6.07 Å². The van der Waals surface area contributed by atoms with Gasteiger partial charge in [0.25, 0.3) is 0 Å². The summed E-state index contributed by atoms with van der Waals surface area (Å²) in [5, 5.41) is 0. The van der Waals surface area contributed by atoms with Gasteiger partial charge in [-0.2, -0.15) is 21.6 Å². The van der Waals surface area contributed by atoms with Crippen LogP contribution in [0.2, 0.25) is 0 Å². The molecule has 0 fully saturated rings. The third kappa shape index (κ3) is 5.85. The number of alkyl halides is 3. The van der Waals surface area contributed by atoms with E-state index in [4.69, 9.17) is 14.2 Å². The van der Waals surface area contributed by atoms with Crippen molar-refractivity contribution in [2.24, 2.45) is 0 Å². The molecule has 0 saturated carbocycles. The molecule has 0 bridgehead atoms. The van der Waals surface area contributed by atoms with Crippen molar-refractivity contribution in [2.75, 3.05) is 13.7 Å². The Morgan fingerprint density at radius 3 is 2.35 bits per heavy atom. The summed E-state index contributed by atoms with van der Waals surface area (Å²) < 4.78 is 99.9. The number of aryl methyl sites for hydroxylation is 1. The molecule has 2 aromatic carbocycles. The number of esters is 1. The molecule has 0 aliphatic carbocycles. The van der Waals surface area contributed by atoms with Crippen LogP contribution in [0.15, 0.2) is 18.2 Å². The van der Waals surface area contributed by atoms with Crippen LogP contribution < -0.4 is 8.92 Å². The van der Waals surface area contributed by atoms with Crippen molar-refractivity contribution in [3.8, 4) is 22.6 Å². The molecule has 0 aromatic heterocycles. The van der Waals surface area contributed by atoms with Crippen LogP contribution in [0, 0.1) is 19.7 Å². The summed E-state index contributed by atoms with van der Waals surface area (Å²) in [7, 11) is -5.01. The van der Waals surface area contributed by atoms with Crippen molar-refractivity contribution >= 4 is 16.1 Å². The molecule has 37 heavy (non-hydrogen) atoms. The molecule has 1 aliphatic heterocycles. The van der Waals surface area contributed by atoms with Gasteiger partial charge < -0.3 is 18.4 Å². The number of rotatable bonds is 6. The van der Waals surface area contributed by atoms with E-state index in [9.17, 15) is 26.4 Å². The lowest BCUT2D eigenvalue weighted by atomic mass is 9.86. The fourth-order valence-corrected chi connectivity index (χ4v) is 4.63. The van der Waals surface area contributed by atoms with Crippen LogP contribution >= 0.6 is 0 Å². The first kappa shape index (κ1) is 28.7. The standard InChI is InChI=1S/C25H28F4O7S/c1-13-9-10-18(36-37(31,32)25(27,28)29)20(19(13)22(23(30)33-6)35-24(3,4)5)16-12-17(26)21-15(14(16)2)8-7-11-34-21/h9-10,12,22H,7-8,11H2,1-6H3/t22-/m0/s1. The highest BCUT2D eigenvalue weighted by Gasteiger charge is 2.49. The quantitative estimate of drug-likeness (QED) is 0.198. The van der Waals surface area contributed by atoms with Gasteiger partial charge in [0.2, 0.25) is 0 Å². The summed E-state index contributed by atoms with van der Waals surface area (Å²) in [5.41, 5.74) is -5.65. The third-order valence-electron chi connectivity index (χ3n) is 5.76. The molecular weight excluding hydrogens is 520 g/mol. The van der Waals surface area contributed by atoms with Crippen LogP contribution in [0.3, 0.4) is 0 Å². The second kappa shape index (κ2) is 10.1. The number of carbonyl (C=O) groups is 1. The number of fused-ring (bicyclic) bond motifs is 1. The van der Waals surface area contributed by atoms with Crippen LogP contribution in [-0.2, 0) is 30.8 Å². The first-order valence-electron chi connectivity index (χ1n) is 11.3. The van der Waals surface area contributed by atoms with Crippen molar-refractivity contribution in [3.63, 3.8) is 0 Å². The molecule has 0 spiro atoms. The maximum atomic E-state index is 15.2. The second-order valence-electron chi connectivity index (χ2n) is 9.58.